The second kappa shape index (κ2) is 8.49. The first-order valence-corrected chi connectivity index (χ1v) is 8.35. The first kappa shape index (κ1) is 19.5. The van der Waals surface area contributed by atoms with E-state index in [0.29, 0.717) is 25.3 Å². The highest BCUT2D eigenvalue weighted by Gasteiger charge is 2.42. The van der Waals surface area contributed by atoms with Crippen molar-refractivity contribution in [1.82, 2.24) is 10.6 Å². The molecule has 1 aliphatic carbocycles. The number of halogens is 5. The van der Waals surface area contributed by atoms with Crippen molar-refractivity contribution < 1.29 is 22.0 Å². The molecule has 0 aliphatic heterocycles. The summed E-state index contributed by atoms with van der Waals surface area (Å²) in [5.74, 6) is -2.15. The van der Waals surface area contributed by atoms with E-state index >= 15 is 0 Å². The Hall–Kier alpha value is -1.86. The molecule has 1 fully saturated rings. The number of guanidine groups is 1. The van der Waals surface area contributed by atoms with Crippen molar-refractivity contribution in [2.45, 2.75) is 51.4 Å². The highest BCUT2D eigenvalue weighted by molar-refractivity contribution is 5.80. The van der Waals surface area contributed by atoms with Gasteiger partial charge in [-0.15, -0.1) is 0 Å². The second-order valence-corrected chi connectivity index (χ2v) is 6.18. The molecule has 0 saturated heterocycles. The van der Waals surface area contributed by atoms with E-state index in [0.717, 1.165) is 18.2 Å². The predicted octanol–water partition coefficient (Wildman–Crippen LogP) is 4.14. The number of rotatable bonds is 4. The fourth-order valence-corrected chi connectivity index (χ4v) is 2.96. The molecular formula is C17H22F5N3. The summed E-state index contributed by atoms with van der Waals surface area (Å²) in [5.41, 5.74) is 0.0917. The Morgan fingerprint density at radius 1 is 1.24 bits per heavy atom. The van der Waals surface area contributed by atoms with E-state index < -0.39 is 23.7 Å². The highest BCUT2D eigenvalue weighted by Crippen LogP contribution is 2.37. The lowest BCUT2D eigenvalue weighted by atomic mass is 9.85. The fourth-order valence-electron chi connectivity index (χ4n) is 2.96. The average molecular weight is 363 g/mol. The largest absolute Gasteiger partial charge is 0.391 e. The van der Waals surface area contributed by atoms with E-state index in [9.17, 15) is 22.0 Å². The summed E-state index contributed by atoms with van der Waals surface area (Å²) in [6.45, 7) is 2.22. The molecule has 1 saturated carbocycles. The zero-order chi connectivity index (χ0) is 18.4. The van der Waals surface area contributed by atoms with Crippen LogP contribution in [0, 0.1) is 17.6 Å². The smallest absolute Gasteiger partial charge is 0.357 e. The molecule has 0 spiro atoms. The Bertz CT molecular complexity index is 600. The van der Waals surface area contributed by atoms with Crippen LogP contribution in [-0.4, -0.2) is 24.7 Å². The molecule has 0 amide bonds. The minimum absolute atomic E-state index is 0.0117. The molecule has 1 aromatic rings. The molecule has 1 aromatic carbocycles. The normalized spacial score (nSPS) is 21.9. The lowest BCUT2D eigenvalue weighted by molar-refractivity contribution is -0.183. The van der Waals surface area contributed by atoms with Crippen molar-refractivity contribution in [2.24, 2.45) is 10.9 Å². The average Bonchev–Trinajstić information content (AvgIpc) is 2.55. The summed E-state index contributed by atoms with van der Waals surface area (Å²) < 4.78 is 65.5. The van der Waals surface area contributed by atoms with E-state index in [-0.39, 0.29) is 31.0 Å². The summed E-state index contributed by atoms with van der Waals surface area (Å²) in [5, 5.41) is 5.92. The maximum atomic E-state index is 13.6. The minimum atomic E-state index is -4.19. The van der Waals surface area contributed by atoms with Crippen LogP contribution < -0.4 is 10.6 Å². The van der Waals surface area contributed by atoms with E-state index in [1.165, 1.54) is 0 Å². The molecule has 0 bridgehead atoms. The van der Waals surface area contributed by atoms with Gasteiger partial charge in [-0.25, -0.2) is 13.8 Å². The van der Waals surface area contributed by atoms with Crippen molar-refractivity contribution in [3.05, 3.63) is 35.4 Å². The summed E-state index contributed by atoms with van der Waals surface area (Å²) in [6.07, 6.45) is -2.96. The van der Waals surface area contributed by atoms with Crippen molar-refractivity contribution in [2.75, 3.05) is 6.54 Å². The molecule has 25 heavy (non-hydrogen) atoms. The summed E-state index contributed by atoms with van der Waals surface area (Å²) >= 11 is 0. The fraction of sp³-hybridized carbons (Fsp3) is 0.588. The Morgan fingerprint density at radius 2 is 2.00 bits per heavy atom. The number of nitrogens with one attached hydrogen (secondary N) is 2. The molecule has 8 heteroatoms. The molecule has 2 N–H and O–H groups in total. The van der Waals surface area contributed by atoms with Gasteiger partial charge >= 0.3 is 6.18 Å². The van der Waals surface area contributed by atoms with Crippen LogP contribution in [0.1, 0.15) is 38.2 Å². The number of alkyl halides is 3. The maximum Gasteiger partial charge on any atom is 0.391 e. The quantitative estimate of drug-likeness (QED) is 0.479. The Kier molecular flexibility index (Phi) is 6.61. The molecule has 2 atom stereocenters. The number of benzene rings is 1. The van der Waals surface area contributed by atoms with Gasteiger partial charge in [0, 0.05) is 18.2 Å². The van der Waals surface area contributed by atoms with Gasteiger partial charge in [-0.2, -0.15) is 13.2 Å². The van der Waals surface area contributed by atoms with Crippen LogP contribution in [-0.2, 0) is 6.54 Å². The van der Waals surface area contributed by atoms with Gasteiger partial charge in [0.15, 0.2) is 5.96 Å². The summed E-state index contributed by atoms with van der Waals surface area (Å²) in [7, 11) is 0. The summed E-state index contributed by atoms with van der Waals surface area (Å²) in [4.78, 5) is 4.17. The first-order chi connectivity index (χ1) is 11.8. The van der Waals surface area contributed by atoms with Gasteiger partial charge in [-0.1, -0.05) is 6.42 Å². The third-order valence-electron chi connectivity index (χ3n) is 4.24. The lowest BCUT2D eigenvalue weighted by Gasteiger charge is -2.31. The number of aliphatic imine (C=N–C) groups is 1. The first-order valence-electron chi connectivity index (χ1n) is 8.35. The van der Waals surface area contributed by atoms with Crippen molar-refractivity contribution in [3.63, 3.8) is 0 Å². The SMILES string of the molecule is CCNC(=NCc1cc(F)ccc1F)NC1CCCC(C(F)(F)F)C1. The Morgan fingerprint density at radius 3 is 2.68 bits per heavy atom. The standard InChI is InChI=1S/C17H22F5N3/c1-2-23-16(24-10-11-8-13(18)6-7-15(11)19)25-14-5-3-4-12(9-14)17(20,21)22/h6-8,12,14H,2-5,9-10H2,1H3,(H2,23,24,25). The molecule has 0 radical (unpaired) electrons. The van der Waals surface area contributed by atoms with Gasteiger partial charge in [-0.05, 0) is 44.4 Å². The second-order valence-electron chi connectivity index (χ2n) is 6.18. The zero-order valence-corrected chi connectivity index (χ0v) is 14.0. The number of nitrogens with zero attached hydrogens (tertiary/aromatic N) is 1. The molecular weight excluding hydrogens is 341 g/mol. The van der Waals surface area contributed by atoms with Crippen LogP contribution >= 0.6 is 0 Å². The molecule has 2 rings (SSSR count). The van der Waals surface area contributed by atoms with E-state index in [1.807, 2.05) is 6.92 Å². The van der Waals surface area contributed by atoms with Crippen LogP contribution in [0.5, 0.6) is 0 Å². The van der Waals surface area contributed by atoms with Gasteiger partial charge in [0.2, 0.25) is 0 Å². The zero-order valence-electron chi connectivity index (χ0n) is 14.0. The lowest BCUT2D eigenvalue weighted by Crippen LogP contribution is -2.46. The Labute approximate surface area is 143 Å². The van der Waals surface area contributed by atoms with Crippen molar-refractivity contribution in [1.29, 1.82) is 0 Å². The van der Waals surface area contributed by atoms with Crippen molar-refractivity contribution in [3.8, 4) is 0 Å². The van der Waals surface area contributed by atoms with Crippen LogP contribution in [0.3, 0.4) is 0 Å². The molecule has 2 unspecified atom stereocenters. The third-order valence-corrected chi connectivity index (χ3v) is 4.24. The molecule has 0 heterocycles. The molecule has 1 aliphatic rings. The van der Waals surface area contributed by atoms with Gasteiger partial charge < -0.3 is 10.6 Å². The minimum Gasteiger partial charge on any atom is -0.357 e. The van der Waals surface area contributed by atoms with E-state index in [2.05, 4.69) is 15.6 Å². The van der Waals surface area contributed by atoms with Crippen LogP contribution in [0.2, 0.25) is 0 Å². The third kappa shape index (κ3) is 5.86. The number of hydrogen-bond acceptors (Lipinski definition) is 1. The monoisotopic (exact) mass is 363 g/mol. The van der Waals surface area contributed by atoms with Gasteiger partial charge in [0.05, 0.1) is 12.5 Å². The predicted molar refractivity (Wildman–Crippen MR) is 86.1 cm³/mol. The van der Waals surface area contributed by atoms with E-state index in [4.69, 9.17) is 0 Å². The van der Waals surface area contributed by atoms with Gasteiger partial charge in [0.25, 0.3) is 0 Å². The van der Waals surface area contributed by atoms with Crippen molar-refractivity contribution >= 4 is 5.96 Å². The van der Waals surface area contributed by atoms with Crippen LogP contribution in [0.25, 0.3) is 0 Å². The maximum absolute atomic E-state index is 13.6. The molecule has 3 nitrogen and oxygen atoms in total. The summed E-state index contributed by atoms with van der Waals surface area (Å²) in [6, 6.07) is 2.75. The van der Waals surface area contributed by atoms with Crippen LogP contribution in [0.15, 0.2) is 23.2 Å². The number of hydrogen-bond donors (Lipinski definition) is 2. The topological polar surface area (TPSA) is 36.4 Å². The Balaban J connectivity index is 2.03. The van der Waals surface area contributed by atoms with Crippen LogP contribution in [0.4, 0.5) is 22.0 Å². The molecule has 0 aromatic heterocycles. The highest BCUT2D eigenvalue weighted by atomic mass is 19.4. The molecule has 140 valence electrons. The van der Waals surface area contributed by atoms with Gasteiger partial charge in [0.1, 0.15) is 11.6 Å². The van der Waals surface area contributed by atoms with Gasteiger partial charge in [-0.3, -0.25) is 0 Å². The van der Waals surface area contributed by atoms with E-state index in [1.54, 1.807) is 0 Å².